The fourth-order valence-electron chi connectivity index (χ4n) is 2.95. The number of H-pyrrole nitrogens is 1. The Morgan fingerprint density at radius 3 is 2.21 bits per heavy atom. The third-order valence-corrected chi connectivity index (χ3v) is 4.37. The van der Waals surface area contributed by atoms with Crippen molar-refractivity contribution in [2.24, 2.45) is 0 Å². The number of carbonyl (C=O) groups is 2. The molecule has 0 bridgehead atoms. The van der Waals surface area contributed by atoms with Gasteiger partial charge in [0.15, 0.2) is 0 Å². The van der Waals surface area contributed by atoms with Gasteiger partial charge in [0, 0.05) is 23.2 Å². The Morgan fingerprint density at radius 2 is 1.55 bits per heavy atom. The van der Waals surface area contributed by atoms with Crippen LogP contribution in [0.25, 0.3) is 22.7 Å². The molecule has 0 aliphatic heterocycles. The molecule has 6 heteroatoms. The molecule has 0 spiro atoms. The third-order valence-electron chi connectivity index (χ3n) is 4.37. The standard InChI is InChI=1S/C23H16N2O4/c26-22(27)19(15-7-3-1-4-8-15)13-17-14-24-21-18(17)11-12-20(25-21)29-23(28)16-9-5-2-6-10-16/h1-14H,(H,24,25)(H,26,27). The van der Waals surface area contributed by atoms with Crippen molar-refractivity contribution in [2.45, 2.75) is 0 Å². The van der Waals surface area contributed by atoms with Crippen molar-refractivity contribution < 1.29 is 19.4 Å². The van der Waals surface area contributed by atoms with E-state index in [4.69, 9.17) is 4.74 Å². The average molecular weight is 384 g/mol. The maximum Gasteiger partial charge on any atom is 0.344 e. The minimum atomic E-state index is -1.02. The molecule has 2 aromatic carbocycles. The number of aromatic amines is 1. The molecule has 4 rings (SSSR count). The minimum Gasteiger partial charge on any atom is -0.478 e. The second kappa shape index (κ2) is 7.82. The summed E-state index contributed by atoms with van der Waals surface area (Å²) in [4.78, 5) is 31.2. The molecular weight excluding hydrogens is 368 g/mol. The quantitative estimate of drug-likeness (QED) is 0.393. The Morgan fingerprint density at radius 1 is 0.897 bits per heavy atom. The molecule has 0 aliphatic carbocycles. The van der Waals surface area contributed by atoms with Gasteiger partial charge in [-0.1, -0.05) is 48.5 Å². The molecule has 142 valence electrons. The summed E-state index contributed by atoms with van der Waals surface area (Å²) in [6, 6.07) is 20.9. The van der Waals surface area contributed by atoms with Crippen LogP contribution in [0.5, 0.6) is 5.88 Å². The summed E-state index contributed by atoms with van der Waals surface area (Å²) in [5.41, 5.74) is 2.38. The summed E-state index contributed by atoms with van der Waals surface area (Å²) in [5.74, 6) is -1.36. The number of nitrogens with one attached hydrogen (secondary N) is 1. The van der Waals surface area contributed by atoms with Crippen LogP contribution >= 0.6 is 0 Å². The number of carboxylic acids is 1. The predicted octanol–water partition coefficient (Wildman–Crippen LogP) is 4.41. The number of aliphatic carboxylic acids is 1. The van der Waals surface area contributed by atoms with Crippen LogP contribution in [-0.2, 0) is 4.79 Å². The van der Waals surface area contributed by atoms with E-state index in [1.165, 1.54) is 0 Å². The van der Waals surface area contributed by atoms with Gasteiger partial charge in [-0.05, 0) is 29.8 Å². The maximum absolute atomic E-state index is 12.2. The number of nitrogens with zero attached hydrogens (tertiary/aromatic N) is 1. The first-order valence-electron chi connectivity index (χ1n) is 8.87. The van der Waals surface area contributed by atoms with Gasteiger partial charge in [0.05, 0.1) is 11.1 Å². The fourth-order valence-corrected chi connectivity index (χ4v) is 2.95. The number of benzene rings is 2. The van der Waals surface area contributed by atoms with E-state index < -0.39 is 11.9 Å². The van der Waals surface area contributed by atoms with Crippen LogP contribution in [-0.4, -0.2) is 27.0 Å². The van der Waals surface area contributed by atoms with Crippen molar-refractivity contribution in [2.75, 3.05) is 0 Å². The second-order valence-electron chi connectivity index (χ2n) is 6.27. The maximum atomic E-state index is 12.2. The van der Waals surface area contributed by atoms with Gasteiger partial charge in [-0.2, -0.15) is 4.98 Å². The van der Waals surface area contributed by atoms with E-state index in [1.807, 2.05) is 12.1 Å². The molecule has 2 heterocycles. The highest BCUT2D eigenvalue weighted by atomic mass is 16.5. The smallest absolute Gasteiger partial charge is 0.344 e. The number of carbonyl (C=O) groups excluding carboxylic acids is 1. The van der Waals surface area contributed by atoms with Crippen molar-refractivity contribution in [3.8, 4) is 5.88 Å². The second-order valence-corrected chi connectivity index (χ2v) is 6.27. The lowest BCUT2D eigenvalue weighted by atomic mass is 10.0. The van der Waals surface area contributed by atoms with Gasteiger partial charge in [-0.15, -0.1) is 0 Å². The molecule has 0 fully saturated rings. The van der Waals surface area contributed by atoms with Crippen LogP contribution in [0.4, 0.5) is 0 Å². The molecule has 0 saturated carbocycles. The zero-order chi connectivity index (χ0) is 20.2. The van der Waals surface area contributed by atoms with E-state index >= 15 is 0 Å². The Hall–Kier alpha value is -4.19. The summed E-state index contributed by atoms with van der Waals surface area (Å²) < 4.78 is 5.33. The lowest BCUT2D eigenvalue weighted by molar-refractivity contribution is -0.130. The van der Waals surface area contributed by atoms with Gasteiger partial charge < -0.3 is 14.8 Å². The van der Waals surface area contributed by atoms with E-state index in [2.05, 4.69) is 9.97 Å². The SMILES string of the molecule is O=C(O)C(=Cc1c[nH]c2nc(OC(=O)c3ccccc3)ccc12)c1ccccc1. The van der Waals surface area contributed by atoms with Crippen LogP contribution in [0.15, 0.2) is 79.0 Å². The van der Waals surface area contributed by atoms with E-state index in [-0.39, 0.29) is 11.5 Å². The van der Waals surface area contributed by atoms with Crippen LogP contribution in [0.3, 0.4) is 0 Å². The van der Waals surface area contributed by atoms with E-state index in [0.29, 0.717) is 22.3 Å². The zero-order valence-electron chi connectivity index (χ0n) is 15.2. The lowest BCUT2D eigenvalue weighted by Gasteiger charge is -2.04. The van der Waals surface area contributed by atoms with Crippen molar-refractivity contribution in [1.29, 1.82) is 0 Å². The molecule has 4 aromatic rings. The zero-order valence-corrected chi connectivity index (χ0v) is 15.2. The van der Waals surface area contributed by atoms with Gasteiger partial charge in [-0.25, -0.2) is 9.59 Å². The fraction of sp³-hybridized carbons (Fsp3) is 0. The Kier molecular flexibility index (Phi) is 4.90. The monoisotopic (exact) mass is 384 g/mol. The number of rotatable bonds is 5. The number of fused-ring (bicyclic) bond motifs is 1. The molecule has 2 aromatic heterocycles. The van der Waals surface area contributed by atoms with Gasteiger partial charge in [0.1, 0.15) is 5.65 Å². The van der Waals surface area contributed by atoms with Crippen LogP contribution in [0, 0.1) is 0 Å². The largest absolute Gasteiger partial charge is 0.478 e. The molecule has 0 aliphatic rings. The Balaban J connectivity index is 1.65. The third kappa shape index (κ3) is 3.91. The minimum absolute atomic E-state index is 0.158. The Labute approximate surface area is 166 Å². The van der Waals surface area contributed by atoms with Crippen molar-refractivity contribution >= 4 is 34.6 Å². The van der Waals surface area contributed by atoms with Crippen molar-refractivity contribution in [3.63, 3.8) is 0 Å². The van der Waals surface area contributed by atoms with Crippen LogP contribution in [0.1, 0.15) is 21.5 Å². The van der Waals surface area contributed by atoms with E-state index in [9.17, 15) is 14.7 Å². The molecule has 0 amide bonds. The van der Waals surface area contributed by atoms with Crippen LogP contribution < -0.4 is 4.74 Å². The van der Waals surface area contributed by atoms with E-state index in [1.54, 1.807) is 72.9 Å². The number of carboxylic acid groups (broad SMARTS) is 1. The Bertz CT molecular complexity index is 1210. The first-order chi connectivity index (χ1) is 14.1. The molecular formula is C23H16N2O4. The van der Waals surface area contributed by atoms with E-state index in [0.717, 1.165) is 5.39 Å². The number of ether oxygens (including phenoxy) is 1. The number of esters is 1. The molecule has 2 N–H and O–H groups in total. The van der Waals surface area contributed by atoms with Gasteiger partial charge in [-0.3, -0.25) is 0 Å². The summed E-state index contributed by atoms with van der Waals surface area (Å²) in [5, 5.41) is 10.3. The van der Waals surface area contributed by atoms with Gasteiger partial charge >= 0.3 is 11.9 Å². The summed E-state index contributed by atoms with van der Waals surface area (Å²) in [6.45, 7) is 0. The normalized spacial score (nSPS) is 11.4. The number of aromatic nitrogens is 2. The summed E-state index contributed by atoms with van der Waals surface area (Å²) >= 11 is 0. The molecule has 6 nitrogen and oxygen atoms in total. The topological polar surface area (TPSA) is 92.3 Å². The first-order valence-corrected chi connectivity index (χ1v) is 8.87. The number of hydrogen-bond acceptors (Lipinski definition) is 4. The molecule has 0 saturated heterocycles. The first kappa shape index (κ1) is 18.2. The van der Waals surface area contributed by atoms with Gasteiger partial charge in [0.2, 0.25) is 5.88 Å². The lowest BCUT2D eigenvalue weighted by Crippen LogP contribution is -2.09. The summed E-state index contributed by atoms with van der Waals surface area (Å²) in [7, 11) is 0. The number of hydrogen-bond donors (Lipinski definition) is 2. The molecule has 0 unspecified atom stereocenters. The highest BCUT2D eigenvalue weighted by Crippen LogP contribution is 2.25. The van der Waals surface area contributed by atoms with Gasteiger partial charge in [0.25, 0.3) is 0 Å². The highest BCUT2D eigenvalue weighted by Gasteiger charge is 2.14. The van der Waals surface area contributed by atoms with Crippen molar-refractivity contribution in [3.05, 3.63) is 95.7 Å². The summed E-state index contributed by atoms with van der Waals surface area (Å²) in [6.07, 6.45) is 3.26. The average Bonchev–Trinajstić information content (AvgIpc) is 3.15. The predicted molar refractivity (Wildman–Crippen MR) is 109 cm³/mol. The molecule has 29 heavy (non-hydrogen) atoms. The highest BCUT2D eigenvalue weighted by molar-refractivity contribution is 6.21. The molecule has 0 radical (unpaired) electrons. The van der Waals surface area contributed by atoms with Crippen LogP contribution in [0.2, 0.25) is 0 Å². The number of pyridine rings is 1. The van der Waals surface area contributed by atoms with Crippen molar-refractivity contribution in [1.82, 2.24) is 9.97 Å². The molecule has 0 atom stereocenters.